The number of rotatable bonds is 4. The van der Waals surface area contributed by atoms with Crippen molar-refractivity contribution < 1.29 is 13.2 Å². The third kappa shape index (κ3) is 3.91. The van der Waals surface area contributed by atoms with Crippen LogP contribution in [0.4, 0.5) is 30.2 Å². The largest absolute Gasteiger partial charge is 0.310 e. The Labute approximate surface area is 247 Å². The number of anilines is 3. The highest BCUT2D eigenvalue weighted by Crippen LogP contribution is 2.49. The number of fused-ring (bicyclic) bond motifs is 7. The number of thiophene rings is 2. The highest BCUT2D eigenvalue weighted by molar-refractivity contribution is 7.29. The van der Waals surface area contributed by atoms with Gasteiger partial charge >= 0.3 is 0 Å². The van der Waals surface area contributed by atoms with Gasteiger partial charge in [-0.3, -0.25) is 0 Å². The van der Waals surface area contributed by atoms with Crippen LogP contribution in [-0.4, -0.2) is 0 Å². The number of benzene rings is 6. The van der Waals surface area contributed by atoms with Gasteiger partial charge in [0.25, 0.3) is 0 Å². The van der Waals surface area contributed by atoms with E-state index in [-0.39, 0.29) is 5.56 Å². The van der Waals surface area contributed by atoms with Gasteiger partial charge in [-0.15, -0.1) is 22.7 Å². The zero-order valence-corrected chi connectivity index (χ0v) is 23.6. The smallest absolute Gasteiger partial charge is 0.136 e. The summed E-state index contributed by atoms with van der Waals surface area (Å²) in [5.74, 6) is -2.80. The van der Waals surface area contributed by atoms with Crippen molar-refractivity contribution in [1.29, 1.82) is 0 Å². The fraction of sp³-hybridized carbons (Fsp3) is 0. The summed E-state index contributed by atoms with van der Waals surface area (Å²) < 4.78 is 47.7. The fourth-order valence-electron chi connectivity index (χ4n) is 5.85. The average Bonchev–Trinajstić information content (AvgIpc) is 3.57. The van der Waals surface area contributed by atoms with E-state index in [9.17, 15) is 13.2 Å². The number of halogens is 3. The lowest BCUT2D eigenvalue weighted by Crippen LogP contribution is -2.10. The molecule has 0 radical (unpaired) electrons. The highest BCUT2D eigenvalue weighted by atomic mass is 32.1. The van der Waals surface area contributed by atoms with E-state index in [1.54, 1.807) is 23.5 Å². The number of para-hydroxylation sites is 1. The standard InChI is InChI=1S/C36H20F3NS2/c37-22-19-27(38)33(28(39)20-22)21-13-15-24(16-14-21)40(23-7-2-1-3-8-23)29-10-6-12-31-34(29)35-32(41-31)18-17-26-25-9-4-5-11-30(25)42-36(26)35/h1-20H. The van der Waals surface area contributed by atoms with Crippen molar-refractivity contribution in [2.24, 2.45) is 0 Å². The first-order chi connectivity index (χ1) is 20.6. The van der Waals surface area contributed by atoms with Gasteiger partial charge in [-0.25, -0.2) is 13.2 Å². The van der Waals surface area contributed by atoms with Crippen molar-refractivity contribution in [2.45, 2.75) is 0 Å². The number of nitrogens with zero attached hydrogens (tertiary/aromatic N) is 1. The summed E-state index contributed by atoms with van der Waals surface area (Å²) >= 11 is 3.59. The molecule has 0 bridgehead atoms. The molecule has 0 N–H and O–H groups in total. The van der Waals surface area contributed by atoms with E-state index in [1.807, 2.05) is 41.7 Å². The van der Waals surface area contributed by atoms with E-state index >= 15 is 0 Å². The summed E-state index contributed by atoms with van der Waals surface area (Å²) in [4.78, 5) is 2.18. The van der Waals surface area contributed by atoms with Crippen LogP contribution in [-0.2, 0) is 0 Å². The Morgan fingerprint density at radius 2 is 1.17 bits per heavy atom. The maximum Gasteiger partial charge on any atom is 0.136 e. The van der Waals surface area contributed by atoms with Crippen LogP contribution in [0.5, 0.6) is 0 Å². The fourth-order valence-corrected chi connectivity index (χ4v) is 8.31. The van der Waals surface area contributed by atoms with E-state index < -0.39 is 17.5 Å². The van der Waals surface area contributed by atoms with Crippen molar-refractivity contribution in [3.8, 4) is 11.1 Å². The molecule has 0 saturated heterocycles. The summed E-state index contributed by atoms with van der Waals surface area (Å²) in [6.07, 6.45) is 0. The molecule has 202 valence electrons. The monoisotopic (exact) mass is 587 g/mol. The normalized spacial score (nSPS) is 11.7. The second-order valence-corrected chi connectivity index (χ2v) is 12.3. The minimum atomic E-state index is -0.940. The molecule has 0 unspecified atom stereocenters. The van der Waals surface area contributed by atoms with Crippen LogP contribution in [0.15, 0.2) is 121 Å². The van der Waals surface area contributed by atoms with Crippen LogP contribution >= 0.6 is 22.7 Å². The maximum atomic E-state index is 14.6. The molecule has 0 fully saturated rings. The molecule has 0 saturated carbocycles. The predicted octanol–water partition coefficient (Wildman–Crippen LogP) is 12.0. The van der Waals surface area contributed by atoms with Gasteiger partial charge < -0.3 is 4.90 Å². The van der Waals surface area contributed by atoms with Crippen LogP contribution < -0.4 is 4.90 Å². The average molecular weight is 588 g/mol. The maximum absolute atomic E-state index is 14.6. The van der Waals surface area contributed by atoms with E-state index in [0.717, 1.165) is 17.1 Å². The molecule has 8 aromatic rings. The third-order valence-electron chi connectivity index (χ3n) is 7.66. The Balaban J connectivity index is 1.38. The molecule has 6 heteroatoms. The zero-order chi connectivity index (χ0) is 28.4. The van der Waals surface area contributed by atoms with Crippen molar-refractivity contribution in [2.75, 3.05) is 4.90 Å². The molecule has 0 aliphatic rings. The Morgan fingerprint density at radius 3 is 1.95 bits per heavy atom. The van der Waals surface area contributed by atoms with Gasteiger partial charge in [0.2, 0.25) is 0 Å². The predicted molar refractivity (Wildman–Crippen MR) is 172 cm³/mol. The Morgan fingerprint density at radius 1 is 0.500 bits per heavy atom. The molecule has 8 rings (SSSR count). The molecule has 0 aliphatic carbocycles. The van der Waals surface area contributed by atoms with E-state index in [1.165, 1.54) is 40.3 Å². The van der Waals surface area contributed by atoms with Gasteiger partial charge in [0, 0.05) is 63.9 Å². The summed E-state index contributed by atoms with van der Waals surface area (Å²) in [5.41, 5.74) is 2.91. The summed E-state index contributed by atoms with van der Waals surface area (Å²) in [5, 5.41) is 4.90. The van der Waals surface area contributed by atoms with Gasteiger partial charge in [0.1, 0.15) is 17.5 Å². The quantitative estimate of drug-likeness (QED) is 0.198. The Hall–Kier alpha value is -4.65. The Bertz CT molecular complexity index is 2260. The van der Waals surface area contributed by atoms with Crippen LogP contribution in [0.1, 0.15) is 0 Å². The zero-order valence-electron chi connectivity index (χ0n) is 21.9. The van der Waals surface area contributed by atoms with Crippen LogP contribution in [0, 0.1) is 17.5 Å². The lowest BCUT2D eigenvalue weighted by molar-refractivity contribution is 0.548. The molecular weight excluding hydrogens is 568 g/mol. The van der Waals surface area contributed by atoms with E-state index in [0.29, 0.717) is 17.7 Å². The molecular formula is C36H20F3NS2. The van der Waals surface area contributed by atoms with Crippen LogP contribution in [0.2, 0.25) is 0 Å². The minimum Gasteiger partial charge on any atom is -0.310 e. The number of hydrogen-bond acceptors (Lipinski definition) is 3. The van der Waals surface area contributed by atoms with E-state index in [4.69, 9.17) is 0 Å². The van der Waals surface area contributed by atoms with Crippen molar-refractivity contribution in [1.82, 2.24) is 0 Å². The SMILES string of the molecule is Fc1cc(F)c(-c2ccc(N(c3ccccc3)c3cccc4sc5ccc6c7ccccc7sc6c5c34)cc2)c(F)c1. The lowest BCUT2D eigenvalue weighted by atomic mass is 10.0. The summed E-state index contributed by atoms with van der Waals surface area (Å²) in [6, 6.07) is 37.9. The van der Waals surface area contributed by atoms with Gasteiger partial charge in [0.05, 0.1) is 11.3 Å². The van der Waals surface area contributed by atoms with Gasteiger partial charge in [-0.1, -0.05) is 60.7 Å². The first kappa shape index (κ1) is 25.1. The van der Waals surface area contributed by atoms with Crippen molar-refractivity contribution >= 4 is 80.1 Å². The second kappa shape index (κ2) is 9.72. The molecule has 0 amide bonds. The molecule has 2 aromatic heterocycles. The molecule has 6 aromatic carbocycles. The summed E-state index contributed by atoms with van der Waals surface area (Å²) in [7, 11) is 0. The van der Waals surface area contributed by atoms with E-state index in [2.05, 4.69) is 71.6 Å². The highest BCUT2D eigenvalue weighted by Gasteiger charge is 2.21. The molecule has 42 heavy (non-hydrogen) atoms. The van der Waals surface area contributed by atoms with Crippen LogP contribution in [0.25, 0.3) is 51.5 Å². The van der Waals surface area contributed by atoms with Crippen molar-refractivity contribution in [3.05, 3.63) is 139 Å². The first-order valence-corrected chi connectivity index (χ1v) is 15.1. The molecule has 2 heterocycles. The number of hydrogen-bond donors (Lipinski definition) is 0. The van der Waals surface area contributed by atoms with Crippen LogP contribution in [0.3, 0.4) is 0 Å². The second-order valence-electron chi connectivity index (χ2n) is 10.1. The molecule has 1 nitrogen and oxygen atoms in total. The lowest BCUT2D eigenvalue weighted by Gasteiger charge is -2.26. The molecule has 0 aliphatic heterocycles. The molecule has 0 atom stereocenters. The topological polar surface area (TPSA) is 3.24 Å². The first-order valence-electron chi connectivity index (χ1n) is 13.4. The van der Waals surface area contributed by atoms with Crippen molar-refractivity contribution in [3.63, 3.8) is 0 Å². The summed E-state index contributed by atoms with van der Waals surface area (Å²) in [6.45, 7) is 0. The van der Waals surface area contributed by atoms with Gasteiger partial charge in [-0.2, -0.15) is 0 Å². The van der Waals surface area contributed by atoms with Gasteiger partial charge in [0.15, 0.2) is 0 Å². The molecule has 0 spiro atoms. The third-order valence-corrected chi connectivity index (χ3v) is 9.98. The Kier molecular flexibility index (Phi) is 5.81. The minimum absolute atomic E-state index is 0.243. The van der Waals surface area contributed by atoms with Gasteiger partial charge in [-0.05, 0) is 54.1 Å².